The third-order valence-electron chi connectivity index (χ3n) is 7.86. The molecular formula is C29H29F3N6O5. The molecule has 2 aliphatic heterocycles. The van der Waals surface area contributed by atoms with Crippen molar-refractivity contribution in [1.82, 2.24) is 29.3 Å². The summed E-state index contributed by atoms with van der Waals surface area (Å²) in [6.45, 7) is 5.02. The largest absolute Gasteiger partial charge is 0.437 e. The van der Waals surface area contributed by atoms with Gasteiger partial charge in [-0.2, -0.15) is 13.2 Å². The number of hydrogen-bond donors (Lipinski definition) is 0. The van der Waals surface area contributed by atoms with Crippen LogP contribution in [0.3, 0.4) is 0 Å². The number of piperazine rings is 1. The lowest BCUT2D eigenvalue weighted by atomic mass is 9.98. The van der Waals surface area contributed by atoms with Crippen molar-refractivity contribution in [3.05, 3.63) is 59.9 Å². The van der Waals surface area contributed by atoms with Gasteiger partial charge in [0.1, 0.15) is 12.0 Å². The summed E-state index contributed by atoms with van der Waals surface area (Å²) in [5, 5.41) is 3.11. The molecule has 3 aromatic heterocycles. The second-order valence-corrected chi connectivity index (χ2v) is 10.4. The number of hydrogen-bond acceptors (Lipinski definition) is 8. The third-order valence-corrected chi connectivity index (χ3v) is 7.86. The van der Waals surface area contributed by atoms with Gasteiger partial charge in [0.15, 0.2) is 5.69 Å². The maximum absolute atomic E-state index is 13.5. The van der Waals surface area contributed by atoms with Crippen LogP contribution in [0.4, 0.5) is 13.2 Å². The van der Waals surface area contributed by atoms with E-state index in [4.69, 9.17) is 9.47 Å². The summed E-state index contributed by atoms with van der Waals surface area (Å²) in [7, 11) is 0. The lowest BCUT2D eigenvalue weighted by Gasteiger charge is -2.37. The molecule has 11 nitrogen and oxygen atoms in total. The highest BCUT2D eigenvalue weighted by atomic mass is 19.4. The minimum atomic E-state index is -4.70. The maximum Gasteiger partial charge on any atom is 0.437 e. The van der Waals surface area contributed by atoms with Gasteiger partial charge in [-0.25, -0.2) is 9.97 Å². The van der Waals surface area contributed by atoms with Crippen molar-refractivity contribution in [3.8, 4) is 22.9 Å². The number of fused-ring (bicyclic) bond motifs is 1. The van der Waals surface area contributed by atoms with Crippen LogP contribution >= 0.6 is 0 Å². The van der Waals surface area contributed by atoms with Crippen LogP contribution in [-0.2, 0) is 22.1 Å². The molecule has 0 unspecified atom stereocenters. The van der Waals surface area contributed by atoms with Gasteiger partial charge in [0.2, 0.25) is 11.6 Å². The fraction of sp³-hybridized carbons (Fsp3) is 0.414. The highest BCUT2D eigenvalue weighted by molar-refractivity contribution is 5.96. The van der Waals surface area contributed by atoms with E-state index >= 15 is 0 Å². The fourth-order valence-electron chi connectivity index (χ4n) is 5.54. The van der Waals surface area contributed by atoms with Gasteiger partial charge in [0.25, 0.3) is 11.8 Å². The Bertz CT molecular complexity index is 1640. The zero-order valence-corrected chi connectivity index (χ0v) is 23.3. The number of rotatable bonds is 6. The molecule has 6 rings (SSSR count). The van der Waals surface area contributed by atoms with E-state index in [0.717, 1.165) is 24.7 Å². The van der Waals surface area contributed by atoms with E-state index in [0.29, 0.717) is 57.1 Å². The quantitative estimate of drug-likeness (QED) is 0.320. The third kappa shape index (κ3) is 5.66. The first-order chi connectivity index (χ1) is 20.7. The summed E-state index contributed by atoms with van der Waals surface area (Å²) in [6, 6.07) is 5.09. The van der Waals surface area contributed by atoms with E-state index in [9.17, 15) is 22.8 Å². The number of ether oxygens (including phenoxy) is 2. The number of imidazole rings is 1. The van der Waals surface area contributed by atoms with Crippen LogP contribution in [0.1, 0.15) is 41.4 Å². The molecule has 0 aliphatic carbocycles. The molecule has 4 aromatic rings. The average Bonchev–Trinajstić information content (AvgIpc) is 3.69. The van der Waals surface area contributed by atoms with Gasteiger partial charge in [-0.3, -0.25) is 14.0 Å². The summed E-state index contributed by atoms with van der Waals surface area (Å²) in [5.41, 5.74) is 0.188. The Hall–Kier alpha value is -4.46. The van der Waals surface area contributed by atoms with Crippen LogP contribution in [0.5, 0.6) is 11.6 Å². The van der Waals surface area contributed by atoms with Gasteiger partial charge >= 0.3 is 6.18 Å². The van der Waals surface area contributed by atoms with Crippen molar-refractivity contribution >= 4 is 17.5 Å². The Kier molecular flexibility index (Phi) is 7.77. The number of aryl methyl sites for hydroxylation is 1. The van der Waals surface area contributed by atoms with Crippen LogP contribution < -0.4 is 4.74 Å². The summed E-state index contributed by atoms with van der Waals surface area (Å²) < 4.78 is 57.6. The van der Waals surface area contributed by atoms with Gasteiger partial charge in [-0.15, -0.1) is 0 Å². The predicted octanol–water partition coefficient (Wildman–Crippen LogP) is 4.47. The first kappa shape index (κ1) is 28.6. The molecule has 0 bridgehead atoms. The Labute approximate surface area is 244 Å². The molecule has 2 fully saturated rings. The monoisotopic (exact) mass is 598 g/mol. The summed E-state index contributed by atoms with van der Waals surface area (Å²) in [6.07, 6.45) is 2.36. The van der Waals surface area contributed by atoms with Crippen molar-refractivity contribution in [1.29, 1.82) is 0 Å². The molecule has 0 radical (unpaired) electrons. The molecule has 0 atom stereocenters. The number of amides is 2. The molecular weight excluding hydrogens is 569 g/mol. The van der Waals surface area contributed by atoms with Gasteiger partial charge in [0, 0.05) is 63.3 Å². The molecule has 14 heteroatoms. The van der Waals surface area contributed by atoms with Gasteiger partial charge in [-0.05, 0) is 43.0 Å². The molecule has 5 heterocycles. The van der Waals surface area contributed by atoms with Gasteiger partial charge < -0.3 is 23.8 Å². The zero-order chi connectivity index (χ0) is 30.1. The number of carbonyl (C=O) groups excluding carboxylic acids is 2. The van der Waals surface area contributed by atoms with Crippen LogP contribution in [0.15, 0.2) is 47.6 Å². The van der Waals surface area contributed by atoms with Crippen LogP contribution in [0.2, 0.25) is 0 Å². The fourth-order valence-corrected chi connectivity index (χ4v) is 5.54. The van der Waals surface area contributed by atoms with Gasteiger partial charge in [0.05, 0.1) is 17.5 Å². The van der Waals surface area contributed by atoms with E-state index < -0.39 is 11.9 Å². The molecule has 2 amide bonds. The minimum Gasteiger partial charge on any atom is -0.436 e. The topological polar surface area (TPSA) is 115 Å². The van der Waals surface area contributed by atoms with Crippen molar-refractivity contribution in [2.45, 2.75) is 32.4 Å². The summed E-state index contributed by atoms with van der Waals surface area (Å²) in [4.78, 5) is 38.4. The van der Waals surface area contributed by atoms with E-state index in [1.54, 1.807) is 23.1 Å². The molecule has 0 N–H and O–H groups in total. The van der Waals surface area contributed by atoms with Gasteiger partial charge in [-0.1, -0.05) is 12.1 Å². The number of benzene rings is 1. The van der Waals surface area contributed by atoms with Crippen LogP contribution in [0, 0.1) is 5.92 Å². The Morgan fingerprint density at radius 1 is 1.07 bits per heavy atom. The highest BCUT2D eigenvalue weighted by Gasteiger charge is 2.39. The predicted molar refractivity (Wildman–Crippen MR) is 145 cm³/mol. The molecule has 0 spiro atoms. The molecule has 1 aromatic carbocycles. The second-order valence-electron chi connectivity index (χ2n) is 10.4. The van der Waals surface area contributed by atoms with Crippen molar-refractivity contribution in [3.63, 3.8) is 0 Å². The summed E-state index contributed by atoms with van der Waals surface area (Å²) in [5.74, 6) is 0.483. The lowest BCUT2D eigenvalue weighted by Crippen LogP contribution is -2.52. The Morgan fingerprint density at radius 2 is 1.81 bits per heavy atom. The second kappa shape index (κ2) is 11.7. The molecule has 2 saturated heterocycles. The molecule has 2 aliphatic rings. The Morgan fingerprint density at radius 3 is 2.53 bits per heavy atom. The molecule has 43 heavy (non-hydrogen) atoms. The zero-order valence-electron chi connectivity index (χ0n) is 23.3. The van der Waals surface area contributed by atoms with Crippen molar-refractivity contribution in [2.24, 2.45) is 5.92 Å². The standard InChI is InChI=1S/C29H29F3N6O5/c1-2-18-15-20(3-4-21(18)28(40)37-11-9-36(10-12-37)27(39)19-5-13-41-14-6-19)43-26-25-34-16-23(38(25)8-7-33-26)22-17-42-35-24(22)29(30,31)32/h3-4,7-8,15-17,19H,2,5-6,9-14H2,1H3. The van der Waals surface area contributed by atoms with E-state index in [-0.39, 0.29) is 40.5 Å². The van der Waals surface area contributed by atoms with E-state index in [1.165, 1.54) is 23.0 Å². The average molecular weight is 599 g/mol. The normalized spacial score (nSPS) is 16.6. The van der Waals surface area contributed by atoms with E-state index in [2.05, 4.69) is 19.6 Å². The van der Waals surface area contributed by atoms with Crippen molar-refractivity contribution in [2.75, 3.05) is 39.4 Å². The SMILES string of the molecule is CCc1cc(Oc2nccn3c(-c4conc4C(F)(F)F)cnc23)ccc1C(=O)N1CCN(C(=O)C2CCOCC2)CC1. The minimum absolute atomic E-state index is 0.0100. The number of aromatic nitrogens is 4. The number of carbonyl (C=O) groups is 2. The summed E-state index contributed by atoms with van der Waals surface area (Å²) >= 11 is 0. The first-order valence-electron chi connectivity index (χ1n) is 14.0. The smallest absolute Gasteiger partial charge is 0.436 e. The lowest BCUT2D eigenvalue weighted by molar-refractivity contribution is -0.142. The van der Waals surface area contributed by atoms with Crippen molar-refractivity contribution < 1.29 is 36.8 Å². The molecule has 226 valence electrons. The van der Waals surface area contributed by atoms with E-state index in [1.807, 2.05) is 11.8 Å². The maximum atomic E-state index is 13.5. The number of nitrogens with zero attached hydrogens (tertiary/aromatic N) is 6. The van der Waals surface area contributed by atoms with Crippen LogP contribution in [0.25, 0.3) is 16.9 Å². The van der Waals surface area contributed by atoms with Crippen LogP contribution in [-0.4, -0.2) is 80.5 Å². The highest BCUT2D eigenvalue weighted by Crippen LogP contribution is 2.37. The molecule has 0 saturated carbocycles. The number of alkyl halides is 3. The first-order valence-corrected chi connectivity index (χ1v) is 14.0. The number of halogens is 3. The Balaban J connectivity index is 1.17.